The fraction of sp³-hybridized carbons (Fsp3) is 0.588. The number of hydrogen-bond donors (Lipinski definition) is 2. The molecule has 4 heteroatoms. The molecule has 0 fully saturated rings. The zero-order valence-electron chi connectivity index (χ0n) is 13.3. The predicted molar refractivity (Wildman–Crippen MR) is 87.9 cm³/mol. The van der Waals surface area contributed by atoms with Gasteiger partial charge in [0.05, 0.1) is 5.92 Å². The third-order valence-electron chi connectivity index (χ3n) is 3.94. The van der Waals surface area contributed by atoms with Gasteiger partial charge in [0.25, 0.3) is 0 Å². The zero-order chi connectivity index (χ0) is 16.0. The minimum atomic E-state index is -0.720. The van der Waals surface area contributed by atoms with E-state index in [2.05, 4.69) is 33.0 Å². The second-order valence-electron chi connectivity index (χ2n) is 6.20. The average Bonchev–Trinajstić information content (AvgIpc) is 2.42. The molecule has 2 N–H and O–H groups in total. The van der Waals surface area contributed by atoms with Gasteiger partial charge in [-0.05, 0) is 42.9 Å². The number of aliphatic carboxylic acids is 1. The molecule has 0 aliphatic rings. The van der Waals surface area contributed by atoms with Crippen molar-refractivity contribution in [1.82, 2.24) is 5.32 Å². The Morgan fingerprint density at radius 3 is 2.24 bits per heavy atom. The SMILES string of the molecule is CC(C)CC(CNC(C)C(C)c1ccc(Cl)cc1)C(=O)O. The van der Waals surface area contributed by atoms with E-state index < -0.39 is 5.97 Å². The third kappa shape index (κ3) is 6.06. The Bertz CT molecular complexity index is 445. The van der Waals surface area contributed by atoms with E-state index in [1.165, 1.54) is 5.56 Å². The highest BCUT2D eigenvalue weighted by Gasteiger charge is 2.21. The largest absolute Gasteiger partial charge is 0.481 e. The topological polar surface area (TPSA) is 49.3 Å². The summed E-state index contributed by atoms with van der Waals surface area (Å²) in [6.45, 7) is 8.84. The first-order chi connectivity index (χ1) is 9.81. The summed E-state index contributed by atoms with van der Waals surface area (Å²) in [7, 11) is 0. The minimum absolute atomic E-state index is 0.209. The van der Waals surface area contributed by atoms with Crippen LogP contribution in [0.25, 0.3) is 0 Å². The van der Waals surface area contributed by atoms with Gasteiger partial charge in [0, 0.05) is 17.6 Å². The molecule has 0 saturated carbocycles. The van der Waals surface area contributed by atoms with Gasteiger partial charge in [-0.2, -0.15) is 0 Å². The lowest BCUT2D eigenvalue weighted by Gasteiger charge is -2.24. The molecule has 3 atom stereocenters. The van der Waals surface area contributed by atoms with Gasteiger partial charge in [-0.1, -0.05) is 44.5 Å². The number of carboxylic acid groups (broad SMARTS) is 1. The molecule has 0 radical (unpaired) electrons. The van der Waals surface area contributed by atoms with E-state index >= 15 is 0 Å². The molecule has 0 spiro atoms. The fourth-order valence-corrected chi connectivity index (χ4v) is 2.53. The molecule has 1 aromatic carbocycles. The highest BCUT2D eigenvalue weighted by Crippen LogP contribution is 2.21. The van der Waals surface area contributed by atoms with E-state index in [1.54, 1.807) is 0 Å². The van der Waals surface area contributed by atoms with Crippen LogP contribution in [-0.4, -0.2) is 23.7 Å². The molecule has 0 aliphatic heterocycles. The van der Waals surface area contributed by atoms with Crippen LogP contribution in [0.5, 0.6) is 0 Å². The molecular formula is C17H26ClNO2. The van der Waals surface area contributed by atoms with Crippen LogP contribution < -0.4 is 5.32 Å². The van der Waals surface area contributed by atoms with Crippen LogP contribution in [0, 0.1) is 11.8 Å². The number of benzene rings is 1. The zero-order valence-corrected chi connectivity index (χ0v) is 14.0. The van der Waals surface area contributed by atoms with Crippen molar-refractivity contribution in [3.05, 3.63) is 34.9 Å². The normalized spacial score (nSPS) is 15.7. The molecule has 0 amide bonds. The van der Waals surface area contributed by atoms with Crippen LogP contribution in [0.1, 0.15) is 45.6 Å². The van der Waals surface area contributed by atoms with Crippen molar-refractivity contribution in [2.45, 2.75) is 46.1 Å². The quantitative estimate of drug-likeness (QED) is 0.757. The Kier molecular flexibility index (Phi) is 7.20. The Balaban J connectivity index is 2.56. The number of carbonyl (C=O) groups is 1. The molecule has 3 unspecified atom stereocenters. The van der Waals surface area contributed by atoms with Crippen molar-refractivity contribution in [3.63, 3.8) is 0 Å². The Morgan fingerprint density at radius 1 is 1.19 bits per heavy atom. The van der Waals surface area contributed by atoms with Crippen LogP contribution in [0.2, 0.25) is 5.02 Å². The Hall–Kier alpha value is -1.06. The van der Waals surface area contributed by atoms with Gasteiger partial charge >= 0.3 is 5.97 Å². The fourth-order valence-electron chi connectivity index (χ4n) is 2.40. The smallest absolute Gasteiger partial charge is 0.307 e. The molecule has 0 aliphatic carbocycles. The number of nitrogens with one attached hydrogen (secondary N) is 1. The molecule has 0 aromatic heterocycles. The van der Waals surface area contributed by atoms with Crippen LogP contribution in [-0.2, 0) is 4.79 Å². The first-order valence-corrected chi connectivity index (χ1v) is 7.90. The van der Waals surface area contributed by atoms with Crippen LogP contribution in [0.15, 0.2) is 24.3 Å². The summed E-state index contributed by atoms with van der Waals surface area (Å²) in [6, 6.07) is 8.03. The van der Waals surface area contributed by atoms with E-state index in [9.17, 15) is 9.90 Å². The van der Waals surface area contributed by atoms with E-state index in [1.807, 2.05) is 24.3 Å². The summed E-state index contributed by atoms with van der Waals surface area (Å²) in [5, 5.41) is 13.4. The first kappa shape index (κ1) is 18.0. The van der Waals surface area contributed by atoms with Crippen molar-refractivity contribution in [2.24, 2.45) is 11.8 Å². The maximum Gasteiger partial charge on any atom is 0.307 e. The van der Waals surface area contributed by atoms with Crippen LogP contribution >= 0.6 is 11.6 Å². The first-order valence-electron chi connectivity index (χ1n) is 7.53. The van der Waals surface area contributed by atoms with Gasteiger partial charge in [0.1, 0.15) is 0 Å². The highest BCUT2D eigenvalue weighted by molar-refractivity contribution is 6.30. The summed E-state index contributed by atoms with van der Waals surface area (Å²) in [5.41, 5.74) is 1.20. The molecule has 1 aromatic rings. The summed E-state index contributed by atoms with van der Waals surface area (Å²) < 4.78 is 0. The number of carboxylic acids is 1. The second-order valence-corrected chi connectivity index (χ2v) is 6.64. The summed E-state index contributed by atoms with van der Waals surface area (Å²) in [5.74, 6) is -0.361. The van der Waals surface area contributed by atoms with Crippen molar-refractivity contribution in [2.75, 3.05) is 6.54 Å². The molecule has 3 nitrogen and oxygen atoms in total. The average molecular weight is 312 g/mol. The molecular weight excluding hydrogens is 286 g/mol. The third-order valence-corrected chi connectivity index (χ3v) is 4.19. The van der Waals surface area contributed by atoms with Crippen molar-refractivity contribution in [1.29, 1.82) is 0 Å². The summed E-state index contributed by atoms with van der Waals surface area (Å²) >= 11 is 5.90. The van der Waals surface area contributed by atoms with E-state index in [0.29, 0.717) is 24.8 Å². The lowest BCUT2D eigenvalue weighted by atomic mass is 9.93. The van der Waals surface area contributed by atoms with Gasteiger partial charge in [-0.3, -0.25) is 4.79 Å². The maximum atomic E-state index is 11.3. The number of hydrogen-bond acceptors (Lipinski definition) is 2. The van der Waals surface area contributed by atoms with Crippen LogP contribution in [0.3, 0.4) is 0 Å². The molecule has 118 valence electrons. The minimum Gasteiger partial charge on any atom is -0.481 e. The van der Waals surface area contributed by atoms with Crippen molar-refractivity contribution >= 4 is 17.6 Å². The van der Waals surface area contributed by atoms with E-state index in [4.69, 9.17) is 11.6 Å². The van der Waals surface area contributed by atoms with Gasteiger partial charge in [-0.15, -0.1) is 0 Å². The maximum absolute atomic E-state index is 11.3. The molecule has 0 bridgehead atoms. The summed E-state index contributed by atoms with van der Waals surface area (Å²) in [6.07, 6.45) is 0.699. The Morgan fingerprint density at radius 2 is 1.76 bits per heavy atom. The number of halogens is 1. The van der Waals surface area contributed by atoms with E-state index in [-0.39, 0.29) is 12.0 Å². The van der Waals surface area contributed by atoms with Gasteiger partial charge < -0.3 is 10.4 Å². The van der Waals surface area contributed by atoms with Gasteiger partial charge in [0.2, 0.25) is 0 Å². The monoisotopic (exact) mass is 311 g/mol. The standard InChI is InChI=1S/C17H26ClNO2/c1-11(2)9-15(17(20)21)10-19-13(4)12(3)14-5-7-16(18)8-6-14/h5-8,11-13,15,19H,9-10H2,1-4H3,(H,20,21). The highest BCUT2D eigenvalue weighted by atomic mass is 35.5. The van der Waals surface area contributed by atoms with Gasteiger partial charge in [0.15, 0.2) is 0 Å². The van der Waals surface area contributed by atoms with Crippen molar-refractivity contribution < 1.29 is 9.90 Å². The molecule has 0 saturated heterocycles. The lowest BCUT2D eigenvalue weighted by molar-refractivity contribution is -0.142. The van der Waals surface area contributed by atoms with E-state index in [0.717, 1.165) is 5.02 Å². The summed E-state index contributed by atoms with van der Waals surface area (Å²) in [4.78, 5) is 11.3. The molecule has 1 rings (SSSR count). The predicted octanol–water partition coefficient (Wildman–Crippen LogP) is 4.17. The van der Waals surface area contributed by atoms with Gasteiger partial charge in [-0.25, -0.2) is 0 Å². The number of rotatable bonds is 8. The Labute approximate surface area is 132 Å². The van der Waals surface area contributed by atoms with Crippen molar-refractivity contribution in [3.8, 4) is 0 Å². The second kappa shape index (κ2) is 8.40. The molecule has 0 heterocycles. The van der Waals surface area contributed by atoms with Crippen LogP contribution in [0.4, 0.5) is 0 Å². The lowest BCUT2D eigenvalue weighted by Crippen LogP contribution is -2.37. The molecule has 21 heavy (non-hydrogen) atoms.